The number of carbonyl (C=O) groups is 1. The summed E-state index contributed by atoms with van der Waals surface area (Å²) in [5.74, 6) is -0.394. The van der Waals surface area contributed by atoms with Crippen molar-refractivity contribution in [3.63, 3.8) is 0 Å². The zero-order chi connectivity index (χ0) is 10.9. The van der Waals surface area contributed by atoms with Crippen molar-refractivity contribution in [3.8, 4) is 0 Å². The Morgan fingerprint density at radius 3 is 1.85 bits per heavy atom. The van der Waals surface area contributed by atoms with Gasteiger partial charge in [-0.3, -0.25) is 4.79 Å². The van der Waals surface area contributed by atoms with Gasteiger partial charge < -0.3 is 5.73 Å². The first kappa shape index (κ1) is 12.2. The number of primary amides is 1. The third kappa shape index (κ3) is 4.11. The van der Waals surface area contributed by atoms with Gasteiger partial charge in [0.05, 0.1) is 0 Å². The van der Waals surface area contributed by atoms with Gasteiger partial charge in [0.2, 0.25) is 5.91 Å². The van der Waals surface area contributed by atoms with Crippen LogP contribution in [-0.2, 0) is 4.79 Å². The van der Waals surface area contributed by atoms with Gasteiger partial charge in [0.1, 0.15) is 0 Å². The highest BCUT2D eigenvalue weighted by atomic mass is 16.1. The summed E-state index contributed by atoms with van der Waals surface area (Å²) in [5.41, 5.74) is 5.70. The second-order valence-corrected chi connectivity index (χ2v) is 5.46. The largest absolute Gasteiger partial charge is 0.366 e. The fraction of sp³-hybridized carbons (Fsp3) is 0.727. The maximum Gasteiger partial charge on any atom is 0.244 e. The SMILES string of the molecule is C=C(C(N)=O)C(C)(C)CC(C)(C)C. The van der Waals surface area contributed by atoms with Gasteiger partial charge >= 0.3 is 0 Å². The number of carbonyl (C=O) groups excluding carboxylic acids is 1. The molecular formula is C11H21NO. The molecule has 2 nitrogen and oxygen atoms in total. The number of hydrogen-bond acceptors (Lipinski definition) is 1. The van der Waals surface area contributed by atoms with E-state index in [0.717, 1.165) is 6.42 Å². The van der Waals surface area contributed by atoms with Crippen molar-refractivity contribution in [3.05, 3.63) is 12.2 Å². The van der Waals surface area contributed by atoms with Crippen molar-refractivity contribution in [1.29, 1.82) is 0 Å². The lowest BCUT2D eigenvalue weighted by molar-refractivity contribution is -0.115. The van der Waals surface area contributed by atoms with Gasteiger partial charge in [-0.2, -0.15) is 0 Å². The van der Waals surface area contributed by atoms with Crippen LogP contribution in [0.15, 0.2) is 12.2 Å². The van der Waals surface area contributed by atoms with Crippen LogP contribution in [0.25, 0.3) is 0 Å². The lowest BCUT2D eigenvalue weighted by Crippen LogP contribution is -2.29. The lowest BCUT2D eigenvalue weighted by atomic mass is 9.72. The molecule has 0 atom stereocenters. The molecule has 76 valence electrons. The molecule has 0 aromatic heterocycles. The van der Waals surface area contributed by atoms with Crippen LogP contribution in [0, 0.1) is 10.8 Å². The van der Waals surface area contributed by atoms with Gasteiger partial charge in [-0.05, 0) is 17.3 Å². The molecule has 2 heteroatoms. The Balaban J connectivity index is 4.59. The van der Waals surface area contributed by atoms with Crippen LogP contribution in [0.2, 0.25) is 0 Å². The molecule has 0 radical (unpaired) electrons. The molecule has 0 heterocycles. The van der Waals surface area contributed by atoms with Crippen LogP contribution in [-0.4, -0.2) is 5.91 Å². The summed E-state index contributed by atoms with van der Waals surface area (Å²) in [6, 6.07) is 0. The highest BCUT2D eigenvalue weighted by molar-refractivity contribution is 5.92. The zero-order valence-electron chi connectivity index (χ0n) is 9.40. The number of nitrogens with two attached hydrogens (primary N) is 1. The van der Waals surface area contributed by atoms with E-state index in [0.29, 0.717) is 5.57 Å². The Bertz CT molecular complexity index is 221. The van der Waals surface area contributed by atoms with E-state index in [2.05, 4.69) is 27.4 Å². The fourth-order valence-corrected chi connectivity index (χ4v) is 1.77. The molecule has 0 unspecified atom stereocenters. The molecule has 0 aliphatic heterocycles. The predicted molar refractivity (Wildman–Crippen MR) is 56.2 cm³/mol. The van der Waals surface area contributed by atoms with Gasteiger partial charge in [0, 0.05) is 5.57 Å². The predicted octanol–water partition coefficient (Wildman–Crippen LogP) is 2.49. The van der Waals surface area contributed by atoms with Crippen molar-refractivity contribution in [1.82, 2.24) is 0 Å². The number of rotatable bonds is 3. The Hall–Kier alpha value is -0.790. The molecule has 0 spiro atoms. The van der Waals surface area contributed by atoms with E-state index in [1.807, 2.05) is 13.8 Å². The van der Waals surface area contributed by atoms with E-state index in [9.17, 15) is 4.79 Å². The van der Waals surface area contributed by atoms with E-state index >= 15 is 0 Å². The van der Waals surface area contributed by atoms with Crippen molar-refractivity contribution in [2.45, 2.75) is 41.0 Å². The lowest BCUT2D eigenvalue weighted by Gasteiger charge is -2.32. The maximum atomic E-state index is 11.0. The summed E-state index contributed by atoms with van der Waals surface area (Å²) < 4.78 is 0. The molecule has 0 fully saturated rings. The minimum Gasteiger partial charge on any atom is -0.366 e. The third-order valence-electron chi connectivity index (χ3n) is 2.09. The van der Waals surface area contributed by atoms with Crippen LogP contribution in [0.1, 0.15) is 41.0 Å². The van der Waals surface area contributed by atoms with Crippen molar-refractivity contribution in [2.24, 2.45) is 16.6 Å². The van der Waals surface area contributed by atoms with Crippen LogP contribution in [0.5, 0.6) is 0 Å². The van der Waals surface area contributed by atoms with Crippen LogP contribution in [0.4, 0.5) is 0 Å². The molecule has 0 bridgehead atoms. The molecule has 1 amide bonds. The third-order valence-corrected chi connectivity index (χ3v) is 2.09. The molecule has 0 rings (SSSR count). The van der Waals surface area contributed by atoms with E-state index in [4.69, 9.17) is 5.73 Å². The highest BCUT2D eigenvalue weighted by Crippen LogP contribution is 2.37. The molecule has 0 saturated carbocycles. The summed E-state index contributed by atoms with van der Waals surface area (Å²) in [5, 5.41) is 0. The molecule has 0 aromatic rings. The summed E-state index contributed by atoms with van der Waals surface area (Å²) >= 11 is 0. The molecule has 0 aliphatic carbocycles. The van der Waals surface area contributed by atoms with Gasteiger partial charge in [0.25, 0.3) is 0 Å². The van der Waals surface area contributed by atoms with Crippen molar-refractivity contribution < 1.29 is 4.79 Å². The van der Waals surface area contributed by atoms with E-state index in [-0.39, 0.29) is 10.8 Å². The molecular weight excluding hydrogens is 162 g/mol. The van der Waals surface area contributed by atoms with Crippen LogP contribution < -0.4 is 5.73 Å². The monoisotopic (exact) mass is 183 g/mol. The van der Waals surface area contributed by atoms with Crippen molar-refractivity contribution in [2.75, 3.05) is 0 Å². The molecule has 0 aliphatic rings. The first-order chi connectivity index (χ1) is 5.56. The van der Waals surface area contributed by atoms with Gasteiger partial charge in [-0.1, -0.05) is 41.2 Å². The van der Waals surface area contributed by atoms with E-state index in [1.54, 1.807) is 0 Å². The summed E-state index contributed by atoms with van der Waals surface area (Å²) in [7, 11) is 0. The highest BCUT2D eigenvalue weighted by Gasteiger charge is 2.30. The first-order valence-electron chi connectivity index (χ1n) is 4.55. The maximum absolute atomic E-state index is 11.0. The van der Waals surface area contributed by atoms with Gasteiger partial charge in [0.15, 0.2) is 0 Å². The minimum absolute atomic E-state index is 0.182. The van der Waals surface area contributed by atoms with E-state index in [1.165, 1.54) is 0 Å². The molecule has 13 heavy (non-hydrogen) atoms. The fourth-order valence-electron chi connectivity index (χ4n) is 1.77. The van der Waals surface area contributed by atoms with Gasteiger partial charge in [-0.15, -0.1) is 0 Å². The number of hydrogen-bond donors (Lipinski definition) is 1. The number of amides is 1. The van der Waals surface area contributed by atoms with Crippen LogP contribution >= 0.6 is 0 Å². The van der Waals surface area contributed by atoms with Crippen LogP contribution in [0.3, 0.4) is 0 Å². The Kier molecular flexibility index (Phi) is 3.31. The molecule has 0 aromatic carbocycles. The van der Waals surface area contributed by atoms with E-state index < -0.39 is 5.91 Å². The summed E-state index contributed by atoms with van der Waals surface area (Å²) in [6.07, 6.45) is 0.905. The smallest absolute Gasteiger partial charge is 0.244 e. The Morgan fingerprint density at radius 2 is 1.62 bits per heavy atom. The average Bonchev–Trinajstić information content (AvgIpc) is 1.80. The first-order valence-corrected chi connectivity index (χ1v) is 4.55. The Morgan fingerprint density at radius 1 is 1.23 bits per heavy atom. The zero-order valence-corrected chi connectivity index (χ0v) is 9.40. The minimum atomic E-state index is -0.394. The molecule has 0 saturated heterocycles. The Labute approximate surface area is 81.2 Å². The van der Waals surface area contributed by atoms with Crippen molar-refractivity contribution >= 4 is 5.91 Å². The quantitative estimate of drug-likeness (QED) is 0.671. The second kappa shape index (κ2) is 3.52. The topological polar surface area (TPSA) is 43.1 Å². The summed E-state index contributed by atoms with van der Waals surface area (Å²) in [4.78, 5) is 11.0. The normalized spacial score (nSPS) is 12.7. The standard InChI is InChI=1S/C11H21NO/c1-8(9(12)13)11(5,6)7-10(2,3)4/h1,7H2,2-6H3,(H2,12,13). The van der Waals surface area contributed by atoms with Gasteiger partial charge in [-0.25, -0.2) is 0 Å². The average molecular weight is 183 g/mol. The summed E-state index contributed by atoms with van der Waals surface area (Å²) in [6.45, 7) is 14.2. The second-order valence-electron chi connectivity index (χ2n) is 5.46. The molecule has 2 N–H and O–H groups in total.